The molecule has 0 amide bonds. The number of carbonyl (C=O) groups excluding carboxylic acids is 1. The molecule has 0 unspecified atom stereocenters. The number of aliphatic hydroxyl groups excluding tert-OH is 3. The van der Waals surface area contributed by atoms with Gasteiger partial charge in [0.05, 0.1) is 26.4 Å². The van der Waals surface area contributed by atoms with E-state index in [1.165, 1.54) is 0 Å². The molecule has 0 saturated carbocycles. The fourth-order valence-corrected chi connectivity index (χ4v) is 0.711. The second kappa shape index (κ2) is 9.18. The van der Waals surface area contributed by atoms with Crippen molar-refractivity contribution in [1.29, 1.82) is 0 Å². The number of hydrogen-bond donors (Lipinski definition) is 3. The van der Waals surface area contributed by atoms with E-state index in [2.05, 4.69) is 4.74 Å². The van der Waals surface area contributed by atoms with E-state index in [1.54, 1.807) is 0 Å². The second-order valence-electron chi connectivity index (χ2n) is 2.69. The molecular weight excluding hydrogens is 204 g/mol. The first kappa shape index (κ1) is 16.1. The summed E-state index contributed by atoms with van der Waals surface area (Å²) in [5.74, 6) is 0. The third-order valence-corrected chi connectivity index (χ3v) is 1.82. The quantitative estimate of drug-likeness (QED) is 0.253. The molecule has 0 radical (unpaired) electrons. The van der Waals surface area contributed by atoms with Crippen molar-refractivity contribution in [2.24, 2.45) is 5.41 Å². The zero-order valence-corrected chi connectivity index (χ0v) is 6.77. The van der Waals surface area contributed by atoms with Crippen molar-refractivity contribution in [2.45, 2.75) is 6.42 Å². The van der Waals surface area contributed by atoms with Crippen LogP contribution in [0.25, 0.3) is 0 Å². The van der Waals surface area contributed by atoms with Crippen molar-refractivity contribution < 1.29 is 24.9 Å². The second-order valence-corrected chi connectivity index (χ2v) is 2.69. The fraction of sp³-hybridized carbons (Fsp3) is 0.857. The number of aliphatic hydroxyl groups is 3. The number of rotatable bonds is 7. The summed E-state index contributed by atoms with van der Waals surface area (Å²) in [5.41, 5.74) is -0.941. The van der Waals surface area contributed by atoms with E-state index in [0.29, 0.717) is 0 Å². The Labute approximate surface area is 107 Å². The minimum absolute atomic E-state index is 0. The van der Waals surface area contributed by atoms with Crippen molar-refractivity contribution in [2.75, 3.05) is 26.4 Å². The van der Waals surface area contributed by atoms with E-state index >= 15 is 0 Å². The van der Waals surface area contributed by atoms with Gasteiger partial charge in [-0.15, -0.1) is 0 Å². The molecule has 0 saturated heterocycles. The normalized spacial score (nSPS) is 10.4. The van der Waals surface area contributed by atoms with Crippen LogP contribution in [0.3, 0.4) is 0 Å². The van der Waals surface area contributed by atoms with Gasteiger partial charge >= 0.3 is 37.7 Å². The van der Waals surface area contributed by atoms with Gasteiger partial charge in [-0.05, 0) is 6.42 Å². The van der Waals surface area contributed by atoms with Crippen LogP contribution >= 0.6 is 0 Å². The molecule has 0 aliphatic rings. The van der Waals surface area contributed by atoms with Gasteiger partial charge in [0.1, 0.15) is 0 Å². The van der Waals surface area contributed by atoms with Crippen LogP contribution in [-0.2, 0) is 9.53 Å². The third-order valence-electron chi connectivity index (χ3n) is 1.82. The summed E-state index contributed by atoms with van der Waals surface area (Å²) in [6.07, 6.45) is 0.245. The Balaban J connectivity index is 0. The molecule has 0 aliphatic heterocycles. The number of carbonyl (C=O) groups is 1. The average molecular weight is 220 g/mol. The zero-order valence-electron chi connectivity index (χ0n) is 6.77. The molecule has 0 aromatic heterocycles. The van der Waals surface area contributed by atoms with E-state index in [4.69, 9.17) is 15.3 Å². The number of ether oxygens (including phenoxy) is 1. The van der Waals surface area contributed by atoms with Crippen LogP contribution in [0.5, 0.6) is 0 Å². The SMILES string of the molecule is O=COCCC(CO)(CO)CO.[CaH2]. The predicted molar refractivity (Wildman–Crippen MR) is 48.9 cm³/mol. The van der Waals surface area contributed by atoms with Crippen molar-refractivity contribution in [1.82, 2.24) is 0 Å². The van der Waals surface area contributed by atoms with Gasteiger partial charge in [0.15, 0.2) is 0 Å². The van der Waals surface area contributed by atoms with Crippen molar-refractivity contribution in [3.63, 3.8) is 0 Å². The van der Waals surface area contributed by atoms with Gasteiger partial charge in [-0.3, -0.25) is 4.79 Å². The molecule has 5 nitrogen and oxygen atoms in total. The van der Waals surface area contributed by atoms with Gasteiger partial charge in [0.25, 0.3) is 6.47 Å². The van der Waals surface area contributed by atoms with E-state index in [9.17, 15) is 4.79 Å². The van der Waals surface area contributed by atoms with Crippen LogP contribution in [0.1, 0.15) is 6.42 Å². The molecule has 6 heteroatoms. The van der Waals surface area contributed by atoms with E-state index in [-0.39, 0.29) is 77.1 Å². The van der Waals surface area contributed by atoms with Gasteiger partial charge in [-0.25, -0.2) is 0 Å². The van der Waals surface area contributed by atoms with Crippen molar-refractivity contribution >= 4 is 44.2 Å². The van der Waals surface area contributed by atoms with Crippen LogP contribution < -0.4 is 0 Å². The van der Waals surface area contributed by atoms with Crippen LogP contribution in [-0.4, -0.2) is 86.0 Å². The monoisotopic (exact) mass is 220 g/mol. The van der Waals surface area contributed by atoms with Crippen LogP contribution in [0.15, 0.2) is 0 Å². The van der Waals surface area contributed by atoms with Gasteiger partial charge in [-0.1, -0.05) is 0 Å². The molecular formula is C7H16CaO5. The number of hydrogen-bond acceptors (Lipinski definition) is 5. The topological polar surface area (TPSA) is 87.0 Å². The Bertz CT molecular complexity index is 118. The Hall–Kier alpha value is 0.610. The van der Waals surface area contributed by atoms with E-state index in [1.807, 2.05) is 0 Å². The van der Waals surface area contributed by atoms with E-state index < -0.39 is 5.41 Å². The molecule has 0 atom stereocenters. The molecule has 0 rings (SSSR count). The molecule has 0 spiro atoms. The summed E-state index contributed by atoms with van der Waals surface area (Å²) in [7, 11) is 0. The van der Waals surface area contributed by atoms with Gasteiger partial charge in [0, 0.05) is 5.41 Å². The van der Waals surface area contributed by atoms with Crippen molar-refractivity contribution in [3.05, 3.63) is 0 Å². The first-order valence-electron chi connectivity index (χ1n) is 3.62. The molecule has 13 heavy (non-hydrogen) atoms. The summed E-state index contributed by atoms with van der Waals surface area (Å²) in [6.45, 7) is -0.616. The van der Waals surface area contributed by atoms with Crippen molar-refractivity contribution in [3.8, 4) is 0 Å². The molecule has 0 bridgehead atoms. The summed E-state index contributed by atoms with van der Waals surface area (Å²) >= 11 is 0. The van der Waals surface area contributed by atoms with Crippen LogP contribution in [0, 0.1) is 5.41 Å². The van der Waals surface area contributed by atoms with Gasteiger partial charge in [0.2, 0.25) is 0 Å². The molecule has 0 aromatic carbocycles. The molecule has 3 N–H and O–H groups in total. The summed E-state index contributed by atoms with van der Waals surface area (Å²) in [6, 6.07) is 0. The van der Waals surface area contributed by atoms with Gasteiger partial charge in [-0.2, -0.15) is 0 Å². The Morgan fingerprint density at radius 1 is 1.15 bits per heavy atom. The minimum atomic E-state index is -0.941. The summed E-state index contributed by atoms with van der Waals surface area (Å²) < 4.78 is 4.38. The van der Waals surface area contributed by atoms with E-state index in [0.717, 1.165) is 0 Å². The maximum atomic E-state index is 9.75. The molecule has 0 aromatic rings. The molecule has 0 fully saturated rings. The standard InChI is InChI=1S/C7H14O5.Ca.2H/c8-3-7(4-9,5-10)1-2-12-6-11;;;/h6,8-10H,1-5H2;;;. The first-order chi connectivity index (χ1) is 5.74. The molecule has 76 valence electrons. The maximum absolute atomic E-state index is 9.75. The Morgan fingerprint density at radius 3 is 1.92 bits per heavy atom. The Kier molecular flexibility index (Phi) is 11.3. The third kappa shape index (κ3) is 5.83. The Morgan fingerprint density at radius 2 is 1.62 bits per heavy atom. The zero-order chi connectivity index (χ0) is 9.45. The molecule has 0 aliphatic carbocycles. The first-order valence-corrected chi connectivity index (χ1v) is 3.62. The van der Waals surface area contributed by atoms with Gasteiger partial charge < -0.3 is 20.1 Å². The summed E-state index contributed by atoms with van der Waals surface area (Å²) in [4.78, 5) is 9.75. The predicted octanol–water partition coefficient (Wildman–Crippen LogP) is -2.40. The summed E-state index contributed by atoms with van der Waals surface area (Å²) in [5, 5.41) is 26.4. The average Bonchev–Trinajstić information content (AvgIpc) is 2.14. The van der Waals surface area contributed by atoms with Crippen LogP contribution in [0.2, 0.25) is 0 Å². The fourth-order valence-electron chi connectivity index (χ4n) is 0.711. The molecule has 0 heterocycles. The van der Waals surface area contributed by atoms with Crippen LogP contribution in [0.4, 0.5) is 0 Å².